The van der Waals surface area contributed by atoms with E-state index in [9.17, 15) is 13.2 Å². The van der Waals surface area contributed by atoms with Crippen molar-refractivity contribution in [1.82, 2.24) is 24.9 Å². The van der Waals surface area contributed by atoms with Crippen LogP contribution < -0.4 is 5.32 Å². The highest BCUT2D eigenvalue weighted by atomic mass is 19.4. The van der Waals surface area contributed by atoms with Crippen molar-refractivity contribution in [2.24, 2.45) is 12.0 Å². The van der Waals surface area contributed by atoms with Gasteiger partial charge in [0, 0.05) is 45.5 Å². The fraction of sp³-hybridized carbons (Fsp3) is 0.714. The lowest BCUT2D eigenvalue weighted by Gasteiger charge is -2.22. The first kappa shape index (κ1) is 19.3. The number of guanidine groups is 1. The lowest BCUT2D eigenvalue weighted by atomic mass is 10.3. The minimum Gasteiger partial charge on any atom is -0.357 e. The molecule has 0 spiro atoms. The molecule has 0 aliphatic heterocycles. The zero-order chi connectivity index (χ0) is 17.5. The van der Waals surface area contributed by atoms with Gasteiger partial charge in [-0.05, 0) is 14.0 Å². The molecule has 1 aromatic heterocycles. The molecule has 0 atom stereocenters. The maximum absolute atomic E-state index is 12.3. The lowest BCUT2D eigenvalue weighted by molar-refractivity contribution is -0.142. The van der Waals surface area contributed by atoms with Crippen LogP contribution >= 0.6 is 0 Å². The zero-order valence-electron chi connectivity index (χ0n) is 14.1. The summed E-state index contributed by atoms with van der Waals surface area (Å²) in [7, 11) is 5.17. The van der Waals surface area contributed by atoms with Crippen LogP contribution in [0.1, 0.15) is 12.5 Å². The summed E-state index contributed by atoms with van der Waals surface area (Å²) in [5, 5.41) is 7.25. The van der Waals surface area contributed by atoms with Gasteiger partial charge in [0.15, 0.2) is 5.96 Å². The van der Waals surface area contributed by atoms with Gasteiger partial charge in [-0.2, -0.15) is 18.3 Å². The fourth-order valence-electron chi connectivity index (χ4n) is 2.08. The van der Waals surface area contributed by atoms with Gasteiger partial charge in [-0.25, -0.2) is 0 Å². The van der Waals surface area contributed by atoms with Crippen LogP contribution in [-0.4, -0.2) is 72.0 Å². The number of hydrogen-bond donors (Lipinski definition) is 1. The number of alkyl halides is 3. The number of aryl methyl sites for hydroxylation is 1. The number of aromatic nitrogens is 2. The molecule has 1 N–H and O–H groups in total. The molecule has 0 radical (unpaired) electrons. The van der Waals surface area contributed by atoms with E-state index in [0.29, 0.717) is 25.6 Å². The van der Waals surface area contributed by atoms with Crippen LogP contribution in [0.15, 0.2) is 17.4 Å². The molecule has 0 aliphatic carbocycles. The van der Waals surface area contributed by atoms with Crippen molar-refractivity contribution < 1.29 is 13.2 Å². The van der Waals surface area contributed by atoms with Crippen molar-refractivity contribution in [2.75, 3.05) is 40.3 Å². The van der Waals surface area contributed by atoms with E-state index in [1.54, 1.807) is 10.9 Å². The summed E-state index contributed by atoms with van der Waals surface area (Å²) in [6.45, 7) is 2.88. The Morgan fingerprint density at radius 3 is 2.61 bits per heavy atom. The highest BCUT2D eigenvalue weighted by Gasteiger charge is 2.28. The molecule has 1 heterocycles. The molecule has 0 saturated carbocycles. The Morgan fingerprint density at radius 1 is 1.39 bits per heavy atom. The van der Waals surface area contributed by atoms with Crippen LogP contribution in [0.3, 0.4) is 0 Å². The molecule has 1 aromatic rings. The monoisotopic (exact) mass is 334 g/mol. The minimum absolute atomic E-state index is 0.245. The molecule has 0 aromatic carbocycles. The summed E-state index contributed by atoms with van der Waals surface area (Å²) in [6, 6.07) is 0. The normalized spacial score (nSPS) is 12.8. The van der Waals surface area contributed by atoms with Gasteiger partial charge in [-0.15, -0.1) is 0 Å². The lowest BCUT2D eigenvalue weighted by Crippen LogP contribution is -2.39. The quantitative estimate of drug-likeness (QED) is 0.603. The first-order valence-electron chi connectivity index (χ1n) is 7.43. The molecule has 23 heavy (non-hydrogen) atoms. The molecule has 0 bridgehead atoms. The van der Waals surface area contributed by atoms with Crippen molar-refractivity contribution in [2.45, 2.75) is 19.6 Å². The van der Waals surface area contributed by atoms with Gasteiger partial charge in [0.05, 0.1) is 19.3 Å². The summed E-state index contributed by atoms with van der Waals surface area (Å²) < 4.78 is 38.6. The van der Waals surface area contributed by atoms with E-state index >= 15 is 0 Å². The first-order valence-corrected chi connectivity index (χ1v) is 7.43. The van der Waals surface area contributed by atoms with Crippen LogP contribution in [0, 0.1) is 0 Å². The van der Waals surface area contributed by atoms with Crippen molar-refractivity contribution in [3.8, 4) is 0 Å². The Hall–Kier alpha value is -1.77. The zero-order valence-corrected chi connectivity index (χ0v) is 14.1. The highest BCUT2D eigenvalue weighted by molar-refractivity contribution is 5.79. The fourth-order valence-corrected chi connectivity index (χ4v) is 2.08. The summed E-state index contributed by atoms with van der Waals surface area (Å²) in [5.41, 5.74) is 1.04. The third-order valence-corrected chi connectivity index (χ3v) is 3.07. The Balaban J connectivity index is 2.55. The molecule has 0 unspecified atom stereocenters. The minimum atomic E-state index is -4.18. The highest BCUT2D eigenvalue weighted by Crippen LogP contribution is 2.15. The predicted octanol–water partition coefficient (Wildman–Crippen LogP) is 1.31. The molecule has 9 heteroatoms. The molecule has 0 aliphatic rings. The molecule has 6 nitrogen and oxygen atoms in total. The van der Waals surface area contributed by atoms with E-state index in [4.69, 9.17) is 0 Å². The molecular weight excluding hydrogens is 309 g/mol. The van der Waals surface area contributed by atoms with Gasteiger partial charge in [0.2, 0.25) is 0 Å². The number of nitrogens with one attached hydrogen (secondary N) is 1. The number of hydrogen-bond acceptors (Lipinski definition) is 3. The van der Waals surface area contributed by atoms with E-state index in [2.05, 4.69) is 15.4 Å². The van der Waals surface area contributed by atoms with Crippen LogP contribution in [0.5, 0.6) is 0 Å². The number of rotatable bonds is 7. The van der Waals surface area contributed by atoms with E-state index in [1.165, 1.54) is 11.9 Å². The van der Waals surface area contributed by atoms with E-state index in [-0.39, 0.29) is 6.54 Å². The molecule has 0 fully saturated rings. The maximum atomic E-state index is 12.3. The molecular formula is C14H25F3N6. The Morgan fingerprint density at radius 2 is 2.09 bits per heavy atom. The van der Waals surface area contributed by atoms with Crippen molar-refractivity contribution in [3.63, 3.8) is 0 Å². The molecule has 0 amide bonds. The summed E-state index contributed by atoms with van der Waals surface area (Å²) in [5.74, 6) is 0.664. The third-order valence-electron chi connectivity index (χ3n) is 3.07. The molecule has 132 valence electrons. The number of aliphatic imine (C=N–C) groups is 1. The molecule has 0 saturated heterocycles. The van der Waals surface area contributed by atoms with Crippen molar-refractivity contribution >= 4 is 5.96 Å². The molecule has 1 rings (SSSR count). The van der Waals surface area contributed by atoms with Gasteiger partial charge in [0.1, 0.15) is 0 Å². The topological polar surface area (TPSA) is 48.7 Å². The van der Waals surface area contributed by atoms with Gasteiger partial charge in [-0.3, -0.25) is 14.6 Å². The van der Waals surface area contributed by atoms with E-state index in [1.807, 2.05) is 32.1 Å². The number of halogens is 3. The maximum Gasteiger partial charge on any atom is 0.401 e. The average molecular weight is 334 g/mol. The average Bonchev–Trinajstić information content (AvgIpc) is 2.81. The van der Waals surface area contributed by atoms with Gasteiger partial charge in [0.25, 0.3) is 0 Å². The van der Waals surface area contributed by atoms with Crippen molar-refractivity contribution in [3.05, 3.63) is 18.0 Å². The van der Waals surface area contributed by atoms with E-state index in [0.717, 1.165) is 5.56 Å². The van der Waals surface area contributed by atoms with Gasteiger partial charge < -0.3 is 10.2 Å². The number of likely N-dealkylation sites (N-methyl/N-ethyl adjacent to an activating group) is 1. The van der Waals surface area contributed by atoms with Gasteiger partial charge in [-0.1, -0.05) is 0 Å². The van der Waals surface area contributed by atoms with E-state index < -0.39 is 12.7 Å². The van der Waals surface area contributed by atoms with Crippen LogP contribution in [0.2, 0.25) is 0 Å². The third kappa shape index (κ3) is 7.87. The van der Waals surface area contributed by atoms with Crippen LogP contribution in [-0.2, 0) is 13.6 Å². The predicted molar refractivity (Wildman–Crippen MR) is 84.2 cm³/mol. The second kappa shape index (κ2) is 8.76. The largest absolute Gasteiger partial charge is 0.401 e. The summed E-state index contributed by atoms with van der Waals surface area (Å²) >= 11 is 0. The Kier molecular flexibility index (Phi) is 7.34. The summed E-state index contributed by atoms with van der Waals surface area (Å²) in [4.78, 5) is 7.52. The van der Waals surface area contributed by atoms with Crippen molar-refractivity contribution in [1.29, 1.82) is 0 Å². The van der Waals surface area contributed by atoms with Crippen LogP contribution in [0.4, 0.5) is 13.2 Å². The Bertz CT molecular complexity index is 497. The van der Waals surface area contributed by atoms with Gasteiger partial charge >= 0.3 is 6.18 Å². The first-order chi connectivity index (χ1) is 10.7. The standard InChI is InChI=1S/C14H25F3N6/c1-5-18-13(19-6-7-21(2)11-14(15,16)17)22(3)9-12-8-20-23(4)10-12/h8,10H,5-7,9,11H2,1-4H3,(H,18,19). The second-order valence-corrected chi connectivity index (χ2v) is 5.47. The number of nitrogens with zero attached hydrogens (tertiary/aromatic N) is 5. The Labute approximate surface area is 135 Å². The van der Waals surface area contributed by atoms with Crippen LogP contribution in [0.25, 0.3) is 0 Å². The smallest absolute Gasteiger partial charge is 0.357 e. The second-order valence-electron chi connectivity index (χ2n) is 5.47. The SMILES string of the molecule is CCNC(=NCCN(C)CC(F)(F)F)N(C)Cc1cnn(C)c1. The summed E-state index contributed by atoms with van der Waals surface area (Å²) in [6.07, 6.45) is -0.492.